The molecule has 0 aromatic heterocycles. The summed E-state index contributed by atoms with van der Waals surface area (Å²) < 4.78 is 5.56. The van der Waals surface area contributed by atoms with Crippen molar-refractivity contribution in [3.05, 3.63) is 27.2 Å². The lowest BCUT2D eigenvalue weighted by molar-refractivity contribution is -0.132. The Morgan fingerprint density at radius 3 is 2.05 bits per heavy atom. The van der Waals surface area contributed by atoms with Gasteiger partial charge in [-0.1, -0.05) is 55.6 Å². The van der Waals surface area contributed by atoms with Crippen LogP contribution >= 0.6 is 46.4 Å². The molecule has 1 unspecified atom stereocenters. The molecule has 1 rings (SSSR count). The van der Waals surface area contributed by atoms with Gasteiger partial charge in [-0.05, 0) is 0 Å². The Hall–Kier alpha value is -0.150. The van der Waals surface area contributed by atoms with Gasteiger partial charge < -0.3 is 4.74 Å². The normalized spacial score (nSPS) is 13.2. The minimum atomic E-state index is -0.755. The molecule has 0 saturated carbocycles. The summed E-state index contributed by atoms with van der Waals surface area (Å²) in [7, 11) is 0. The fourth-order valence-electron chi connectivity index (χ4n) is 1.40. The minimum absolute atomic E-state index is 0.0496. The maximum atomic E-state index is 12.1. The first kappa shape index (κ1) is 16.9. The number of benzene rings is 1. The van der Waals surface area contributed by atoms with Crippen LogP contribution in [0.2, 0.25) is 15.1 Å². The molecule has 1 aromatic carbocycles. The highest BCUT2D eigenvalue weighted by molar-refractivity contribution is 6.48. The van der Waals surface area contributed by atoms with Gasteiger partial charge in [0.05, 0.1) is 20.9 Å². The molecule has 0 fully saturated rings. The van der Waals surface area contributed by atoms with E-state index in [9.17, 15) is 4.79 Å². The molecule has 0 amide bonds. The summed E-state index contributed by atoms with van der Waals surface area (Å²) in [5, 5.41) is 0.779. The minimum Gasteiger partial charge on any atom is -0.481 e. The predicted octanol–water partition coefficient (Wildman–Crippen LogP) is 5.25. The molecule has 2 nitrogen and oxygen atoms in total. The highest BCUT2D eigenvalue weighted by Crippen LogP contribution is 2.35. The molecular weight excluding hydrogens is 330 g/mol. The SMILES string of the molecule is CC(C)(C)C(=O)C(CCl)Oc1cc(Cl)c(Cl)c(Cl)c1. The lowest BCUT2D eigenvalue weighted by atomic mass is 9.88. The van der Waals surface area contributed by atoms with Crippen LogP contribution in [0.15, 0.2) is 12.1 Å². The smallest absolute Gasteiger partial charge is 0.179 e. The van der Waals surface area contributed by atoms with Crippen molar-refractivity contribution in [3.63, 3.8) is 0 Å². The zero-order valence-corrected chi connectivity index (χ0v) is 13.8. The van der Waals surface area contributed by atoms with Gasteiger partial charge in [0, 0.05) is 17.5 Å². The number of hydrogen-bond acceptors (Lipinski definition) is 2. The number of halogens is 4. The average molecular weight is 344 g/mol. The molecular formula is C13H14Cl4O2. The van der Waals surface area contributed by atoms with Crippen LogP contribution in [0.25, 0.3) is 0 Å². The Morgan fingerprint density at radius 2 is 1.68 bits per heavy atom. The van der Waals surface area contributed by atoms with Crippen LogP contribution in [-0.4, -0.2) is 17.8 Å². The second-order valence-electron chi connectivity index (χ2n) is 5.08. The van der Waals surface area contributed by atoms with E-state index in [0.717, 1.165) is 0 Å². The molecule has 106 valence electrons. The summed E-state index contributed by atoms with van der Waals surface area (Å²) in [6.45, 7) is 5.42. The van der Waals surface area contributed by atoms with Crippen LogP contribution < -0.4 is 4.74 Å². The number of carbonyl (C=O) groups is 1. The summed E-state index contributed by atoms with van der Waals surface area (Å²) in [6.07, 6.45) is -0.755. The molecule has 0 heterocycles. The summed E-state index contributed by atoms with van der Waals surface area (Å²) in [5.74, 6) is 0.320. The Labute approximate surface area is 132 Å². The first-order valence-electron chi connectivity index (χ1n) is 5.58. The molecule has 1 atom stereocenters. The van der Waals surface area contributed by atoms with Crippen LogP contribution in [0.5, 0.6) is 5.75 Å². The van der Waals surface area contributed by atoms with E-state index in [1.54, 1.807) is 20.8 Å². The summed E-state index contributed by atoms with van der Waals surface area (Å²) >= 11 is 23.4. The van der Waals surface area contributed by atoms with Crippen LogP contribution in [-0.2, 0) is 4.79 Å². The summed E-state index contributed by atoms with van der Waals surface area (Å²) in [5.41, 5.74) is -0.542. The van der Waals surface area contributed by atoms with Crippen LogP contribution in [0.4, 0.5) is 0 Å². The third-order valence-electron chi connectivity index (χ3n) is 2.41. The predicted molar refractivity (Wildman–Crippen MR) is 81.1 cm³/mol. The first-order valence-corrected chi connectivity index (χ1v) is 7.25. The van der Waals surface area contributed by atoms with E-state index in [2.05, 4.69) is 0 Å². The van der Waals surface area contributed by atoms with Crippen LogP contribution in [0, 0.1) is 5.41 Å². The molecule has 0 saturated heterocycles. The lowest BCUT2D eigenvalue weighted by Gasteiger charge is -2.24. The maximum Gasteiger partial charge on any atom is 0.179 e. The lowest BCUT2D eigenvalue weighted by Crippen LogP contribution is -2.37. The quantitative estimate of drug-likeness (QED) is 0.551. The fourth-order valence-corrected chi connectivity index (χ4v) is 2.18. The zero-order valence-electron chi connectivity index (χ0n) is 10.8. The van der Waals surface area contributed by atoms with E-state index >= 15 is 0 Å². The second kappa shape index (κ2) is 6.53. The number of ether oxygens (including phenoxy) is 1. The van der Waals surface area contributed by atoms with Gasteiger partial charge in [-0.2, -0.15) is 0 Å². The fraction of sp³-hybridized carbons (Fsp3) is 0.462. The van der Waals surface area contributed by atoms with E-state index in [4.69, 9.17) is 51.1 Å². The van der Waals surface area contributed by atoms with Gasteiger partial charge in [0.25, 0.3) is 0 Å². The third-order valence-corrected chi connectivity index (χ3v) is 3.88. The molecule has 0 radical (unpaired) electrons. The van der Waals surface area contributed by atoms with Crippen molar-refractivity contribution in [1.29, 1.82) is 0 Å². The largest absolute Gasteiger partial charge is 0.481 e. The topological polar surface area (TPSA) is 26.3 Å². The Bertz CT molecular complexity index is 457. The van der Waals surface area contributed by atoms with Gasteiger partial charge in [0.1, 0.15) is 5.75 Å². The summed E-state index contributed by atoms with van der Waals surface area (Å²) in [6, 6.07) is 3.01. The van der Waals surface area contributed by atoms with Crippen LogP contribution in [0.3, 0.4) is 0 Å². The molecule has 0 spiro atoms. The van der Waals surface area contributed by atoms with E-state index < -0.39 is 11.5 Å². The van der Waals surface area contributed by atoms with Gasteiger partial charge >= 0.3 is 0 Å². The van der Waals surface area contributed by atoms with Gasteiger partial charge in [-0.3, -0.25) is 4.79 Å². The van der Waals surface area contributed by atoms with Crippen molar-refractivity contribution in [2.24, 2.45) is 5.41 Å². The van der Waals surface area contributed by atoms with E-state index in [-0.39, 0.29) is 26.7 Å². The van der Waals surface area contributed by atoms with Crippen molar-refractivity contribution in [2.45, 2.75) is 26.9 Å². The van der Waals surface area contributed by atoms with Crippen molar-refractivity contribution in [1.82, 2.24) is 0 Å². The molecule has 0 bridgehead atoms. The van der Waals surface area contributed by atoms with Crippen LogP contribution in [0.1, 0.15) is 20.8 Å². The van der Waals surface area contributed by atoms with Crippen molar-refractivity contribution >= 4 is 52.2 Å². The van der Waals surface area contributed by atoms with Gasteiger partial charge in [0.2, 0.25) is 0 Å². The zero-order chi connectivity index (χ0) is 14.8. The Balaban J connectivity index is 2.97. The second-order valence-corrected chi connectivity index (χ2v) is 6.58. The molecule has 0 aliphatic carbocycles. The monoisotopic (exact) mass is 342 g/mol. The molecule has 6 heteroatoms. The molecule has 0 N–H and O–H groups in total. The number of ketones is 1. The summed E-state index contributed by atoms with van der Waals surface area (Å²) in [4.78, 5) is 12.1. The van der Waals surface area contributed by atoms with E-state index in [0.29, 0.717) is 5.75 Å². The van der Waals surface area contributed by atoms with E-state index in [1.807, 2.05) is 0 Å². The molecule has 0 aliphatic heterocycles. The highest BCUT2D eigenvalue weighted by Gasteiger charge is 2.30. The maximum absolute atomic E-state index is 12.1. The van der Waals surface area contributed by atoms with Gasteiger partial charge in [-0.15, -0.1) is 11.6 Å². The Kier molecular flexibility index (Phi) is 5.81. The first-order chi connectivity index (χ1) is 8.66. The molecule has 1 aromatic rings. The van der Waals surface area contributed by atoms with Crippen molar-refractivity contribution < 1.29 is 9.53 Å². The van der Waals surface area contributed by atoms with E-state index in [1.165, 1.54) is 12.1 Å². The van der Waals surface area contributed by atoms with Gasteiger partial charge in [-0.25, -0.2) is 0 Å². The van der Waals surface area contributed by atoms with Gasteiger partial charge in [0.15, 0.2) is 11.9 Å². The molecule has 0 aliphatic rings. The number of Topliss-reactive ketones (excluding diaryl/α,β-unsaturated/α-hetero) is 1. The van der Waals surface area contributed by atoms with Crippen molar-refractivity contribution in [2.75, 3.05) is 5.88 Å². The average Bonchev–Trinajstić information content (AvgIpc) is 2.30. The Morgan fingerprint density at radius 1 is 1.21 bits per heavy atom. The number of carbonyl (C=O) groups excluding carboxylic acids is 1. The molecule has 19 heavy (non-hydrogen) atoms. The standard InChI is InChI=1S/C13H14Cl4O2/c1-13(2,3)12(18)10(6-14)19-7-4-8(15)11(17)9(16)5-7/h4-5,10H,6H2,1-3H3. The number of alkyl halides is 1. The third kappa shape index (κ3) is 4.42. The van der Waals surface area contributed by atoms with Crippen molar-refractivity contribution in [3.8, 4) is 5.75 Å². The highest BCUT2D eigenvalue weighted by atomic mass is 35.5. The number of hydrogen-bond donors (Lipinski definition) is 0. The number of rotatable bonds is 4.